The van der Waals surface area contributed by atoms with Crippen molar-refractivity contribution in [3.63, 3.8) is 0 Å². The van der Waals surface area contributed by atoms with Gasteiger partial charge >= 0.3 is 0 Å². The molecule has 1 amide bonds. The predicted octanol–water partition coefficient (Wildman–Crippen LogP) is 3.70. The Morgan fingerprint density at radius 1 is 0.971 bits per heavy atom. The highest BCUT2D eigenvalue weighted by Gasteiger charge is 2.46. The normalized spacial score (nSPS) is 17.3. The molecule has 8 heteroatoms. The van der Waals surface area contributed by atoms with Crippen LogP contribution in [-0.2, 0) is 9.59 Å². The second-order valence-corrected chi connectivity index (χ2v) is 8.91. The smallest absolute Gasteiger partial charge is 0.295 e. The summed E-state index contributed by atoms with van der Waals surface area (Å²) >= 11 is 0. The van der Waals surface area contributed by atoms with Crippen molar-refractivity contribution in [2.75, 3.05) is 48.5 Å². The van der Waals surface area contributed by atoms with E-state index in [2.05, 4.69) is 0 Å². The molecule has 0 saturated carbocycles. The third-order valence-corrected chi connectivity index (χ3v) is 6.33. The third kappa shape index (κ3) is 5.12. The summed E-state index contributed by atoms with van der Waals surface area (Å²) < 4.78 is 16.5. The first-order valence-corrected chi connectivity index (χ1v) is 11.4. The second kappa shape index (κ2) is 10.8. The number of Topliss-reactive ketones (excluding diaryl/α,β-unsaturated/α-hetero) is 1. The van der Waals surface area contributed by atoms with Gasteiger partial charge < -0.3 is 29.1 Å². The fraction of sp³-hybridized carbons (Fsp3) is 0.407. The van der Waals surface area contributed by atoms with Gasteiger partial charge in [0.25, 0.3) is 11.7 Å². The number of aryl methyl sites for hydroxylation is 2. The van der Waals surface area contributed by atoms with Crippen LogP contribution >= 0.6 is 0 Å². The summed E-state index contributed by atoms with van der Waals surface area (Å²) in [5.74, 6) is -0.381. The molecule has 1 saturated heterocycles. The lowest BCUT2D eigenvalue weighted by atomic mass is 9.93. The minimum absolute atomic E-state index is 0.0392. The molecule has 35 heavy (non-hydrogen) atoms. The number of methoxy groups -OCH3 is 3. The number of aliphatic hydroxyl groups excluding tert-OH is 1. The van der Waals surface area contributed by atoms with Crippen LogP contribution < -0.4 is 14.2 Å². The molecular formula is C27H34N2O6. The summed E-state index contributed by atoms with van der Waals surface area (Å²) in [6, 6.07) is 8.06. The molecule has 1 N–H and O–H groups in total. The number of ether oxygens (including phenoxy) is 3. The lowest BCUT2D eigenvalue weighted by molar-refractivity contribution is -0.139. The summed E-state index contributed by atoms with van der Waals surface area (Å²) in [5, 5.41) is 11.3. The van der Waals surface area contributed by atoms with Crippen LogP contribution in [0, 0.1) is 13.8 Å². The van der Waals surface area contributed by atoms with Crippen molar-refractivity contribution >= 4 is 17.4 Å². The first-order chi connectivity index (χ1) is 16.6. The first-order valence-electron chi connectivity index (χ1n) is 11.4. The molecule has 0 radical (unpaired) electrons. The molecule has 1 unspecified atom stereocenters. The maximum atomic E-state index is 13.3. The van der Waals surface area contributed by atoms with Crippen LogP contribution in [0.3, 0.4) is 0 Å². The minimum Gasteiger partial charge on any atom is -0.507 e. The topological polar surface area (TPSA) is 88.5 Å². The number of amides is 1. The summed E-state index contributed by atoms with van der Waals surface area (Å²) in [6.45, 7) is 4.98. The van der Waals surface area contributed by atoms with Gasteiger partial charge in [0.05, 0.1) is 32.9 Å². The maximum absolute atomic E-state index is 13.3. The van der Waals surface area contributed by atoms with Gasteiger partial charge in [0.15, 0.2) is 11.5 Å². The lowest BCUT2D eigenvalue weighted by Gasteiger charge is -2.27. The standard InChI is InChI=1S/C27H34N2O6/c1-16-9-10-18(13-17(16)2)24(30)22-23(29(27(32)25(22)31)12-8-11-28(3)4)19-14-20(33-5)26(35-7)21(15-19)34-6/h9-10,13-15,23,30H,8,11-12H2,1-7H3/b24-22+. The zero-order chi connectivity index (χ0) is 25.9. The zero-order valence-corrected chi connectivity index (χ0v) is 21.5. The van der Waals surface area contributed by atoms with Crippen LogP contribution in [0.4, 0.5) is 0 Å². The molecule has 2 aromatic carbocycles. The molecule has 0 aliphatic carbocycles. The number of hydrogen-bond acceptors (Lipinski definition) is 7. The van der Waals surface area contributed by atoms with Crippen molar-refractivity contribution in [3.05, 3.63) is 58.2 Å². The largest absolute Gasteiger partial charge is 0.507 e. The van der Waals surface area contributed by atoms with E-state index < -0.39 is 17.7 Å². The predicted molar refractivity (Wildman–Crippen MR) is 134 cm³/mol. The number of rotatable bonds is 9. The number of hydrogen-bond donors (Lipinski definition) is 1. The Morgan fingerprint density at radius 3 is 2.11 bits per heavy atom. The number of nitrogens with zero attached hydrogens (tertiary/aromatic N) is 2. The molecule has 188 valence electrons. The molecule has 8 nitrogen and oxygen atoms in total. The number of likely N-dealkylation sites (tertiary alicyclic amines) is 1. The molecule has 0 spiro atoms. The minimum atomic E-state index is -0.813. The molecule has 1 fully saturated rings. The van der Waals surface area contributed by atoms with Crippen molar-refractivity contribution in [1.29, 1.82) is 0 Å². The highest BCUT2D eigenvalue weighted by Crippen LogP contribution is 2.45. The van der Waals surface area contributed by atoms with Gasteiger partial charge in [-0.15, -0.1) is 0 Å². The van der Waals surface area contributed by atoms with Crippen LogP contribution in [0.2, 0.25) is 0 Å². The van der Waals surface area contributed by atoms with Gasteiger partial charge in [-0.2, -0.15) is 0 Å². The van der Waals surface area contributed by atoms with E-state index in [0.29, 0.717) is 41.3 Å². The average Bonchev–Trinajstić information content (AvgIpc) is 3.09. The van der Waals surface area contributed by atoms with Crippen LogP contribution in [-0.4, -0.2) is 75.1 Å². The van der Waals surface area contributed by atoms with E-state index in [4.69, 9.17) is 14.2 Å². The molecule has 1 aliphatic heterocycles. The van der Waals surface area contributed by atoms with E-state index in [1.165, 1.54) is 26.2 Å². The van der Waals surface area contributed by atoms with Gasteiger partial charge in [-0.05, 0) is 75.8 Å². The van der Waals surface area contributed by atoms with Crippen molar-refractivity contribution in [2.45, 2.75) is 26.3 Å². The molecule has 1 aliphatic rings. The van der Waals surface area contributed by atoms with Gasteiger partial charge in [0.1, 0.15) is 5.76 Å². The van der Waals surface area contributed by atoms with Crippen LogP contribution in [0.5, 0.6) is 17.2 Å². The summed E-state index contributed by atoms with van der Waals surface area (Å²) in [7, 11) is 8.41. The molecule has 0 bridgehead atoms. The Balaban J connectivity index is 2.23. The van der Waals surface area contributed by atoms with Gasteiger partial charge in [-0.25, -0.2) is 0 Å². The van der Waals surface area contributed by atoms with E-state index in [-0.39, 0.29) is 11.3 Å². The number of benzene rings is 2. The summed E-state index contributed by atoms with van der Waals surface area (Å²) in [4.78, 5) is 30.0. The number of aliphatic hydroxyl groups is 1. The monoisotopic (exact) mass is 482 g/mol. The van der Waals surface area contributed by atoms with E-state index in [1.807, 2.05) is 45.0 Å². The van der Waals surface area contributed by atoms with E-state index in [9.17, 15) is 14.7 Å². The van der Waals surface area contributed by atoms with E-state index in [1.54, 1.807) is 18.2 Å². The van der Waals surface area contributed by atoms with Crippen LogP contribution in [0.25, 0.3) is 5.76 Å². The Bertz CT molecular complexity index is 1130. The molecule has 2 aromatic rings. The van der Waals surface area contributed by atoms with Crippen molar-refractivity contribution < 1.29 is 28.9 Å². The Morgan fingerprint density at radius 2 is 1.60 bits per heavy atom. The number of ketones is 1. The lowest BCUT2D eigenvalue weighted by Crippen LogP contribution is -2.32. The van der Waals surface area contributed by atoms with Crippen molar-refractivity contribution in [1.82, 2.24) is 9.80 Å². The molecule has 1 atom stereocenters. The number of carbonyl (C=O) groups excluding carboxylic acids is 2. The highest BCUT2D eigenvalue weighted by atomic mass is 16.5. The van der Waals surface area contributed by atoms with Gasteiger partial charge in [0.2, 0.25) is 5.75 Å². The Labute approximate surface area is 206 Å². The summed E-state index contributed by atoms with van der Waals surface area (Å²) in [6.07, 6.45) is 0.657. The highest BCUT2D eigenvalue weighted by molar-refractivity contribution is 6.46. The second-order valence-electron chi connectivity index (χ2n) is 8.91. The Kier molecular flexibility index (Phi) is 8.07. The van der Waals surface area contributed by atoms with Gasteiger partial charge in [-0.3, -0.25) is 9.59 Å². The number of carbonyl (C=O) groups is 2. The quantitative estimate of drug-likeness (QED) is 0.331. The average molecular weight is 483 g/mol. The molecule has 3 rings (SSSR count). The maximum Gasteiger partial charge on any atom is 0.295 e. The fourth-order valence-electron chi connectivity index (χ4n) is 4.32. The third-order valence-electron chi connectivity index (χ3n) is 6.33. The Hall–Kier alpha value is -3.52. The van der Waals surface area contributed by atoms with Crippen molar-refractivity contribution in [2.24, 2.45) is 0 Å². The SMILES string of the molecule is COc1cc(C2/C(=C(\O)c3ccc(C)c(C)c3)C(=O)C(=O)N2CCCN(C)C)cc(OC)c1OC. The molecule has 1 heterocycles. The van der Waals surface area contributed by atoms with Gasteiger partial charge in [0, 0.05) is 12.1 Å². The van der Waals surface area contributed by atoms with Gasteiger partial charge in [-0.1, -0.05) is 12.1 Å². The summed E-state index contributed by atoms with van der Waals surface area (Å²) in [5.41, 5.74) is 3.13. The van der Waals surface area contributed by atoms with Crippen molar-refractivity contribution in [3.8, 4) is 17.2 Å². The first kappa shape index (κ1) is 26.1. The fourth-order valence-corrected chi connectivity index (χ4v) is 4.32. The van der Waals surface area contributed by atoms with E-state index in [0.717, 1.165) is 17.7 Å². The van der Waals surface area contributed by atoms with Crippen LogP contribution in [0.1, 0.15) is 34.7 Å². The zero-order valence-electron chi connectivity index (χ0n) is 21.5. The van der Waals surface area contributed by atoms with E-state index >= 15 is 0 Å². The molecule has 0 aromatic heterocycles. The van der Waals surface area contributed by atoms with Crippen LogP contribution in [0.15, 0.2) is 35.9 Å². The molecular weight excluding hydrogens is 448 g/mol.